The molecule has 1 atom stereocenters. The van der Waals surface area contributed by atoms with Gasteiger partial charge in [0.2, 0.25) is 0 Å². The summed E-state index contributed by atoms with van der Waals surface area (Å²) in [6.07, 6.45) is 0.941. The molecule has 1 aliphatic heterocycles. The van der Waals surface area contributed by atoms with Crippen molar-refractivity contribution in [3.05, 3.63) is 86.8 Å². The summed E-state index contributed by atoms with van der Waals surface area (Å²) in [6, 6.07) is 14.1. The standard InChI is InChI=1S/C23H21ClFN3O2S/c24-19-11-18(5-6-20(19)25)27-23(30)22(29)26-12-21(17-8-10-31-14-17)28-9-7-15-3-1-2-4-16(15)13-28/h1-6,8,10-11,14,21H,7,9,12-13H2,(H,26,29)(H,27,30). The summed E-state index contributed by atoms with van der Waals surface area (Å²) in [6.45, 7) is 1.95. The zero-order valence-corrected chi connectivity index (χ0v) is 18.2. The molecule has 31 heavy (non-hydrogen) atoms. The quantitative estimate of drug-likeness (QED) is 0.558. The van der Waals surface area contributed by atoms with Crippen LogP contribution in [0.2, 0.25) is 5.02 Å². The van der Waals surface area contributed by atoms with Crippen molar-refractivity contribution in [1.82, 2.24) is 10.2 Å². The maximum Gasteiger partial charge on any atom is 0.313 e. The van der Waals surface area contributed by atoms with E-state index in [-0.39, 0.29) is 16.8 Å². The van der Waals surface area contributed by atoms with Crippen molar-refractivity contribution < 1.29 is 14.0 Å². The van der Waals surface area contributed by atoms with E-state index in [9.17, 15) is 14.0 Å². The number of fused-ring (bicyclic) bond motifs is 1. The predicted octanol–water partition coefficient (Wildman–Crippen LogP) is 4.39. The Morgan fingerprint density at radius 3 is 2.68 bits per heavy atom. The highest BCUT2D eigenvalue weighted by Crippen LogP contribution is 2.28. The van der Waals surface area contributed by atoms with Gasteiger partial charge in [0, 0.05) is 25.3 Å². The van der Waals surface area contributed by atoms with Crippen molar-refractivity contribution in [2.45, 2.75) is 19.0 Å². The second-order valence-corrected chi connectivity index (χ2v) is 8.54. The van der Waals surface area contributed by atoms with Crippen molar-refractivity contribution in [1.29, 1.82) is 0 Å². The van der Waals surface area contributed by atoms with Gasteiger partial charge in [0.15, 0.2) is 0 Å². The van der Waals surface area contributed by atoms with Crippen molar-refractivity contribution in [3.63, 3.8) is 0 Å². The number of amides is 2. The Hall–Kier alpha value is -2.74. The van der Waals surface area contributed by atoms with E-state index in [4.69, 9.17) is 11.6 Å². The topological polar surface area (TPSA) is 61.4 Å². The molecular weight excluding hydrogens is 437 g/mol. The predicted molar refractivity (Wildman–Crippen MR) is 121 cm³/mol. The third-order valence-electron chi connectivity index (χ3n) is 5.37. The molecule has 2 aromatic carbocycles. The number of halogens is 2. The van der Waals surface area contributed by atoms with Crippen LogP contribution < -0.4 is 10.6 Å². The SMILES string of the molecule is O=C(NCC(c1ccsc1)N1CCc2ccccc2C1)C(=O)Nc1ccc(F)c(Cl)c1. The molecule has 0 spiro atoms. The highest BCUT2D eigenvalue weighted by atomic mass is 35.5. The normalized spacial score (nSPS) is 14.5. The highest BCUT2D eigenvalue weighted by Gasteiger charge is 2.26. The summed E-state index contributed by atoms with van der Waals surface area (Å²) in [5.74, 6) is -2.17. The van der Waals surface area contributed by atoms with Crippen LogP contribution in [0.5, 0.6) is 0 Å². The molecule has 0 aliphatic carbocycles. The molecule has 2 amide bonds. The van der Waals surface area contributed by atoms with E-state index in [0.29, 0.717) is 6.54 Å². The van der Waals surface area contributed by atoms with Gasteiger partial charge in [-0.3, -0.25) is 14.5 Å². The number of nitrogens with zero attached hydrogens (tertiary/aromatic N) is 1. The van der Waals surface area contributed by atoms with Crippen molar-refractivity contribution >= 4 is 40.4 Å². The Morgan fingerprint density at radius 1 is 1.13 bits per heavy atom. The smallest absolute Gasteiger partial charge is 0.313 e. The number of carbonyl (C=O) groups excluding carboxylic acids is 2. The molecule has 3 aromatic rings. The Kier molecular flexibility index (Phi) is 6.65. The lowest BCUT2D eigenvalue weighted by molar-refractivity contribution is -0.136. The Morgan fingerprint density at radius 2 is 1.94 bits per heavy atom. The number of hydrogen-bond donors (Lipinski definition) is 2. The molecule has 4 rings (SSSR count). The van der Waals surface area contributed by atoms with Crippen LogP contribution in [0.3, 0.4) is 0 Å². The number of thiophene rings is 1. The fraction of sp³-hybridized carbons (Fsp3) is 0.217. The number of anilines is 1. The molecule has 2 N–H and O–H groups in total. The Balaban J connectivity index is 1.41. The summed E-state index contributed by atoms with van der Waals surface area (Å²) < 4.78 is 13.3. The van der Waals surface area contributed by atoms with Gasteiger partial charge in [-0.15, -0.1) is 0 Å². The van der Waals surface area contributed by atoms with Crippen LogP contribution in [0.25, 0.3) is 0 Å². The number of rotatable bonds is 5. The first-order valence-corrected chi connectivity index (χ1v) is 11.2. The largest absolute Gasteiger partial charge is 0.346 e. The van der Waals surface area contributed by atoms with Gasteiger partial charge in [-0.25, -0.2) is 4.39 Å². The summed E-state index contributed by atoms with van der Waals surface area (Å²) in [4.78, 5) is 27.0. The molecular formula is C23H21ClFN3O2S. The fourth-order valence-corrected chi connectivity index (χ4v) is 4.62. The van der Waals surface area contributed by atoms with E-state index in [1.165, 1.54) is 23.3 Å². The van der Waals surface area contributed by atoms with Gasteiger partial charge < -0.3 is 10.6 Å². The van der Waals surface area contributed by atoms with Gasteiger partial charge in [0.1, 0.15) is 5.82 Å². The van der Waals surface area contributed by atoms with E-state index < -0.39 is 17.6 Å². The molecule has 0 saturated carbocycles. The minimum Gasteiger partial charge on any atom is -0.346 e. The van der Waals surface area contributed by atoms with Gasteiger partial charge in [0.05, 0.1) is 11.1 Å². The minimum absolute atomic E-state index is 0.0448. The molecule has 0 bridgehead atoms. The van der Waals surface area contributed by atoms with Gasteiger partial charge in [0.25, 0.3) is 0 Å². The third-order valence-corrected chi connectivity index (χ3v) is 6.36. The first kappa shape index (κ1) is 21.5. The van der Waals surface area contributed by atoms with Crippen LogP contribution in [0.4, 0.5) is 10.1 Å². The Bertz CT molecular complexity index is 1090. The van der Waals surface area contributed by atoms with Crippen LogP contribution in [0.1, 0.15) is 22.7 Å². The molecule has 5 nitrogen and oxygen atoms in total. The zero-order valence-electron chi connectivity index (χ0n) is 16.6. The lowest BCUT2D eigenvalue weighted by atomic mass is 9.97. The molecule has 0 fully saturated rings. The van der Waals surface area contributed by atoms with Crippen LogP contribution >= 0.6 is 22.9 Å². The fourth-order valence-electron chi connectivity index (χ4n) is 3.74. The van der Waals surface area contributed by atoms with Gasteiger partial charge in [-0.05, 0) is 58.1 Å². The number of nitrogens with one attached hydrogen (secondary N) is 2. The number of benzene rings is 2. The molecule has 1 aromatic heterocycles. The van der Waals surface area contributed by atoms with E-state index in [2.05, 4.69) is 39.1 Å². The second-order valence-electron chi connectivity index (χ2n) is 7.35. The molecule has 8 heteroatoms. The second kappa shape index (κ2) is 9.60. The maximum atomic E-state index is 13.3. The van der Waals surface area contributed by atoms with Gasteiger partial charge in [-0.2, -0.15) is 11.3 Å². The first-order chi connectivity index (χ1) is 15.0. The van der Waals surface area contributed by atoms with Crippen LogP contribution in [-0.4, -0.2) is 29.8 Å². The average molecular weight is 458 g/mol. The zero-order chi connectivity index (χ0) is 21.8. The molecule has 0 radical (unpaired) electrons. The maximum absolute atomic E-state index is 13.3. The van der Waals surface area contributed by atoms with Crippen molar-refractivity contribution in [2.24, 2.45) is 0 Å². The van der Waals surface area contributed by atoms with Crippen LogP contribution in [0.15, 0.2) is 59.3 Å². The number of carbonyl (C=O) groups is 2. The lowest BCUT2D eigenvalue weighted by Gasteiger charge is -2.35. The van der Waals surface area contributed by atoms with E-state index in [1.54, 1.807) is 11.3 Å². The Labute approximate surface area is 188 Å². The number of hydrogen-bond acceptors (Lipinski definition) is 4. The molecule has 2 heterocycles. The highest BCUT2D eigenvalue weighted by molar-refractivity contribution is 7.08. The molecule has 1 unspecified atom stereocenters. The first-order valence-electron chi connectivity index (χ1n) is 9.88. The minimum atomic E-state index is -0.823. The average Bonchev–Trinajstić information content (AvgIpc) is 3.31. The lowest BCUT2D eigenvalue weighted by Crippen LogP contribution is -2.43. The molecule has 1 aliphatic rings. The van der Waals surface area contributed by atoms with Crippen molar-refractivity contribution in [3.8, 4) is 0 Å². The van der Waals surface area contributed by atoms with Gasteiger partial charge in [-0.1, -0.05) is 35.9 Å². The van der Waals surface area contributed by atoms with Crippen molar-refractivity contribution in [2.75, 3.05) is 18.4 Å². The summed E-state index contributed by atoms with van der Waals surface area (Å²) in [7, 11) is 0. The van der Waals surface area contributed by atoms with Gasteiger partial charge >= 0.3 is 11.8 Å². The summed E-state index contributed by atoms with van der Waals surface area (Å²) >= 11 is 7.33. The third kappa shape index (κ3) is 5.12. The molecule has 0 saturated heterocycles. The van der Waals surface area contributed by atoms with E-state index in [0.717, 1.165) is 31.1 Å². The van der Waals surface area contributed by atoms with Crippen LogP contribution in [0, 0.1) is 5.82 Å². The van der Waals surface area contributed by atoms with E-state index in [1.807, 2.05) is 17.5 Å². The summed E-state index contributed by atoms with van der Waals surface area (Å²) in [5.41, 5.74) is 4.00. The van der Waals surface area contributed by atoms with Crippen LogP contribution in [-0.2, 0) is 22.6 Å². The van der Waals surface area contributed by atoms with E-state index >= 15 is 0 Å². The summed E-state index contributed by atoms with van der Waals surface area (Å²) in [5, 5.41) is 9.14. The monoisotopic (exact) mass is 457 g/mol. The molecule has 160 valence electrons.